The smallest absolute Gasteiger partial charge is 0.337 e. The molecule has 2 rings (SSSR count). The van der Waals surface area contributed by atoms with E-state index in [4.69, 9.17) is 5.84 Å². The molecule has 0 atom stereocenters. The summed E-state index contributed by atoms with van der Waals surface area (Å²) in [6, 6.07) is 10.7. The van der Waals surface area contributed by atoms with Gasteiger partial charge in [-0.15, -0.1) is 0 Å². The van der Waals surface area contributed by atoms with Crippen molar-refractivity contribution in [3.63, 3.8) is 0 Å². The third kappa shape index (κ3) is 3.80. The number of ketones is 1. The number of rotatable bonds is 5. The molecule has 0 saturated carbocycles. The van der Waals surface area contributed by atoms with Crippen LogP contribution in [0.15, 0.2) is 53.8 Å². The number of nitrogens with zero attached hydrogens (tertiary/aromatic N) is 2. The number of carbonyl (C=O) groups is 3. The Morgan fingerprint density at radius 2 is 1.75 bits per heavy atom. The van der Waals surface area contributed by atoms with E-state index in [-0.39, 0.29) is 11.5 Å². The summed E-state index contributed by atoms with van der Waals surface area (Å²) in [5.74, 6) is 3.11. The van der Waals surface area contributed by atoms with Gasteiger partial charge in [-0.25, -0.2) is 9.78 Å². The second-order valence-corrected chi connectivity index (χ2v) is 4.54. The molecule has 8 nitrogen and oxygen atoms in total. The molecule has 0 aliphatic rings. The van der Waals surface area contributed by atoms with E-state index in [1.165, 1.54) is 43.6 Å². The number of Topliss-reactive ketones (excluding diaryl/α,β-unsaturated/α-hetero) is 1. The van der Waals surface area contributed by atoms with Crippen molar-refractivity contribution in [2.24, 2.45) is 10.9 Å². The summed E-state index contributed by atoms with van der Waals surface area (Å²) in [6.07, 6.45) is 1.48. The van der Waals surface area contributed by atoms with Crippen LogP contribution in [0, 0.1) is 0 Å². The van der Waals surface area contributed by atoms with Gasteiger partial charge in [0.25, 0.3) is 11.7 Å². The minimum Gasteiger partial charge on any atom is -0.465 e. The van der Waals surface area contributed by atoms with Crippen LogP contribution in [0.3, 0.4) is 0 Å². The van der Waals surface area contributed by atoms with E-state index in [0.717, 1.165) is 0 Å². The molecule has 0 fully saturated rings. The minimum atomic E-state index is -0.922. The minimum absolute atomic E-state index is 0.230. The highest BCUT2D eigenvalue weighted by atomic mass is 16.5. The maximum Gasteiger partial charge on any atom is 0.337 e. The number of carbonyl (C=O) groups excluding carboxylic acids is 3. The highest BCUT2D eigenvalue weighted by Gasteiger charge is 2.23. The van der Waals surface area contributed by atoms with Crippen molar-refractivity contribution < 1.29 is 19.1 Å². The van der Waals surface area contributed by atoms with Gasteiger partial charge in [0.05, 0.1) is 12.7 Å². The summed E-state index contributed by atoms with van der Waals surface area (Å²) in [6.45, 7) is 0. The van der Waals surface area contributed by atoms with Crippen molar-refractivity contribution >= 4 is 29.2 Å². The number of methoxy groups -OCH3 is 1. The number of benzene rings is 1. The highest BCUT2D eigenvalue weighted by molar-refractivity contribution is 6.69. The molecule has 0 radical (unpaired) electrons. The van der Waals surface area contributed by atoms with E-state index in [0.29, 0.717) is 11.1 Å². The van der Waals surface area contributed by atoms with Crippen molar-refractivity contribution in [3.05, 3.63) is 59.8 Å². The zero-order valence-electron chi connectivity index (χ0n) is 12.7. The van der Waals surface area contributed by atoms with Gasteiger partial charge in [0.15, 0.2) is 0 Å². The average molecular weight is 326 g/mol. The van der Waals surface area contributed by atoms with Crippen LogP contribution in [-0.4, -0.2) is 35.5 Å². The Balaban J connectivity index is 2.17. The summed E-state index contributed by atoms with van der Waals surface area (Å²) < 4.78 is 4.58. The van der Waals surface area contributed by atoms with Gasteiger partial charge in [-0.1, -0.05) is 18.2 Å². The fraction of sp³-hybridized carbons (Fsp3) is 0.0625. The highest BCUT2D eigenvalue weighted by Crippen LogP contribution is 2.09. The van der Waals surface area contributed by atoms with Crippen LogP contribution >= 0.6 is 0 Å². The Labute approximate surface area is 137 Å². The molecule has 0 saturated heterocycles. The van der Waals surface area contributed by atoms with Crippen molar-refractivity contribution in [2.75, 3.05) is 12.4 Å². The van der Waals surface area contributed by atoms with Crippen LogP contribution in [0.2, 0.25) is 0 Å². The predicted molar refractivity (Wildman–Crippen MR) is 86.4 cm³/mol. The third-order valence-electron chi connectivity index (χ3n) is 3.04. The molecule has 0 unspecified atom stereocenters. The first-order valence-corrected chi connectivity index (χ1v) is 6.80. The maximum absolute atomic E-state index is 12.2. The molecule has 122 valence electrons. The lowest BCUT2D eigenvalue weighted by molar-refractivity contribution is -0.130. The molecular formula is C16H14N4O4. The lowest BCUT2D eigenvalue weighted by Gasteiger charge is -2.06. The SMILES string of the molecule is COC(=O)c1ccc(C(=NN)C(=O)C(=O)Nc2ccccn2)cc1. The number of hydrazone groups is 1. The zero-order valence-corrected chi connectivity index (χ0v) is 12.7. The van der Waals surface area contributed by atoms with Crippen molar-refractivity contribution in [3.8, 4) is 0 Å². The van der Waals surface area contributed by atoms with Crippen molar-refractivity contribution in [1.29, 1.82) is 0 Å². The lowest BCUT2D eigenvalue weighted by Crippen LogP contribution is -2.31. The number of nitrogens with two attached hydrogens (primary N) is 1. The number of nitrogens with one attached hydrogen (secondary N) is 1. The quantitative estimate of drug-likeness (QED) is 0.274. The molecule has 1 heterocycles. The number of esters is 1. The van der Waals surface area contributed by atoms with E-state index in [2.05, 4.69) is 20.1 Å². The Kier molecular flexibility index (Phi) is 5.35. The topological polar surface area (TPSA) is 124 Å². The van der Waals surface area contributed by atoms with Gasteiger partial charge in [-0.3, -0.25) is 9.59 Å². The summed E-state index contributed by atoms with van der Waals surface area (Å²) in [4.78, 5) is 39.5. The number of aromatic nitrogens is 1. The Hall–Kier alpha value is -3.55. The van der Waals surface area contributed by atoms with E-state index >= 15 is 0 Å². The van der Waals surface area contributed by atoms with E-state index in [1.54, 1.807) is 12.1 Å². The molecular weight excluding hydrogens is 312 g/mol. The number of amides is 1. The monoisotopic (exact) mass is 326 g/mol. The van der Waals surface area contributed by atoms with Crippen LogP contribution < -0.4 is 11.2 Å². The van der Waals surface area contributed by atoms with Crippen LogP contribution in [0.1, 0.15) is 15.9 Å². The second-order valence-electron chi connectivity index (χ2n) is 4.54. The Morgan fingerprint density at radius 3 is 2.29 bits per heavy atom. The molecule has 2 aromatic rings. The predicted octanol–water partition coefficient (Wildman–Crippen LogP) is 0.739. The summed E-state index contributed by atoms with van der Waals surface area (Å²) in [5, 5.41) is 5.74. The van der Waals surface area contributed by atoms with Crippen molar-refractivity contribution in [1.82, 2.24) is 4.98 Å². The van der Waals surface area contributed by atoms with Crippen LogP contribution in [0.25, 0.3) is 0 Å². The second kappa shape index (κ2) is 7.63. The van der Waals surface area contributed by atoms with Gasteiger partial charge < -0.3 is 15.9 Å². The molecule has 1 aromatic heterocycles. The standard InChI is InChI=1S/C16H14N4O4/c1-24-16(23)11-7-5-10(6-8-11)13(20-17)14(21)15(22)19-12-4-2-3-9-18-12/h2-9H,17H2,1H3,(H,18,19,22). The molecule has 0 bridgehead atoms. The average Bonchev–Trinajstić information content (AvgIpc) is 2.63. The zero-order chi connectivity index (χ0) is 17.5. The normalized spacial score (nSPS) is 10.8. The third-order valence-corrected chi connectivity index (χ3v) is 3.04. The lowest BCUT2D eigenvalue weighted by atomic mass is 10.0. The number of hydrogen-bond acceptors (Lipinski definition) is 7. The van der Waals surface area contributed by atoms with Crippen molar-refractivity contribution in [2.45, 2.75) is 0 Å². The van der Waals surface area contributed by atoms with Gasteiger partial charge in [0, 0.05) is 11.8 Å². The summed E-state index contributed by atoms with van der Waals surface area (Å²) >= 11 is 0. The van der Waals surface area contributed by atoms with Crippen LogP contribution in [-0.2, 0) is 14.3 Å². The number of ether oxygens (including phenoxy) is 1. The number of anilines is 1. The van der Waals surface area contributed by atoms with Gasteiger partial charge in [-0.05, 0) is 24.3 Å². The molecule has 0 aliphatic heterocycles. The molecule has 24 heavy (non-hydrogen) atoms. The van der Waals surface area contributed by atoms with Gasteiger partial charge >= 0.3 is 5.97 Å². The van der Waals surface area contributed by atoms with Crippen LogP contribution in [0.4, 0.5) is 5.82 Å². The fourth-order valence-electron chi connectivity index (χ4n) is 1.86. The molecule has 0 spiro atoms. The Morgan fingerprint density at radius 1 is 1.08 bits per heavy atom. The molecule has 1 aromatic carbocycles. The van der Waals surface area contributed by atoms with E-state index < -0.39 is 17.7 Å². The Bertz CT molecular complexity index is 785. The molecule has 3 N–H and O–H groups in total. The first kappa shape index (κ1) is 16.8. The largest absolute Gasteiger partial charge is 0.465 e. The first-order valence-electron chi connectivity index (χ1n) is 6.80. The number of pyridine rings is 1. The van der Waals surface area contributed by atoms with E-state index in [1.807, 2.05) is 0 Å². The first-order chi connectivity index (χ1) is 11.6. The van der Waals surface area contributed by atoms with Crippen LogP contribution in [0.5, 0.6) is 0 Å². The molecule has 0 aliphatic carbocycles. The fourth-order valence-corrected chi connectivity index (χ4v) is 1.86. The maximum atomic E-state index is 12.2. The van der Waals surface area contributed by atoms with Gasteiger partial charge in [0.1, 0.15) is 11.5 Å². The van der Waals surface area contributed by atoms with Gasteiger partial charge in [-0.2, -0.15) is 5.10 Å². The molecule has 1 amide bonds. The summed E-state index contributed by atoms with van der Waals surface area (Å²) in [5.41, 5.74) is 0.356. The molecule has 8 heteroatoms. The van der Waals surface area contributed by atoms with Gasteiger partial charge in [0.2, 0.25) is 0 Å². The number of hydrogen-bond donors (Lipinski definition) is 2. The summed E-state index contributed by atoms with van der Waals surface area (Å²) in [7, 11) is 1.26. The van der Waals surface area contributed by atoms with E-state index in [9.17, 15) is 14.4 Å².